The first-order chi connectivity index (χ1) is 18.3. The topological polar surface area (TPSA) is 157 Å². The van der Waals surface area contributed by atoms with Crippen molar-refractivity contribution in [2.45, 2.75) is 56.4 Å². The van der Waals surface area contributed by atoms with Crippen molar-refractivity contribution < 1.29 is 41.5 Å². The molecule has 2 atom stereocenters. The number of aromatic nitrogens is 3. The average Bonchev–Trinajstić information content (AvgIpc) is 3.46. The number of hydrogen-bond donors (Lipinski definition) is 4. The van der Waals surface area contributed by atoms with Gasteiger partial charge in [-0.3, -0.25) is 10.2 Å². The Kier molecular flexibility index (Phi) is 7.61. The zero-order valence-corrected chi connectivity index (χ0v) is 20.5. The Hall–Kier alpha value is -4.05. The van der Waals surface area contributed by atoms with Crippen LogP contribution in [0, 0.1) is 11.3 Å². The van der Waals surface area contributed by atoms with Crippen LogP contribution in [0.1, 0.15) is 43.0 Å². The first kappa shape index (κ1) is 28.0. The summed E-state index contributed by atoms with van der Waals surface area (Å²) in [6, 6.07) is -2.29. The van der Waals surface area contributed by atoms with Gasteiger partial charge in [0.2, 0.25) is 17.5 Å². The first-order valence-corrected chi connectivity index (χ1v) is 11.8. The molecule has 1 aliphatic carbocycles. The molecule has 1 saturated heterocycles. The fourth-order valence-electron chi connectivity index (χ4n) is 4.63. The molecule has 2 fully saturated rings. The van der Waals surface area contributed by atoms with Gasteiger partial charge in [-0.25, -0.2) is 23.1 Å². The summed E-state index contributed by atoms with van der Waals surface area (Å²) in [6.07, 6.45) is -2.52. The highest BCUT2D eigenvalue weighted by Gasteiger charge is 2.47. The Morgan fingerprint density at radius 3 is 2.67 bits per heavy atom. The van der Waals surface area contributed by atoms with Crippen molar-refractivity contribution in [2.75, 3.05) is 13.7 Å². The lowest BCUT2D eigenvalue weighted by molar-refractivity contribution is -0.149. The van der Waals surface area contributed by atoms with E-state index < -0.39 is 73.0 Å². The van der Waals surface area contributed by atoms with Crippen molar-refractivity contribution in [1.29, 1.82) is 5.41 Å². The lowest BCUT2D eigenvalue weighted by atomic mass is 9.81. The Labute approximate surface area is 217 Å². The molecule has 0 bridgehead atoms. The molecule has 39 heavy (non-hydrogen) atoms. The van der Waals surface area contributed by atoms with Crippen molar-refractivity contribution in [1.82, 2.24) is 30.1 Å². The zero-order chi connectivity index (χ0) is 28.5. The van der Waals surface area contributed by atoms with Crippen LogP contribution >= 0.6 is 0 Å². The fraction of sp³-hybridized carbons (Fsp3) is 0.545. The number of nitrogens with one attached hydrogen (secondary N) is 3. The molecule has 1 aliphatic heterocycles. The summed E-state index contributed by atoms with van der Waals surface area (Å²) in [5.74, 6) is -5.04. The van der Waals surface area contributed by atoms with Crippen molar-refractivity contribution in [3.63, 3.8) is 0 Å². The fourth-order valence-corrected chi connectivity index (χ4v) is 4.63. The van der Waals surface area contributed by atoms with E-state index in [0.29, 0.717) is 5.56 Å². The Morgan fingerprint density at radius 1 is 1.38 bits per heavy atom. The van der Waals surface area contributed by atoms with Gasteiger partial charge in [0.15, 0.2) is 5.65 Å². The van der Waals surface area contributed by atoms with Gasteiger partial charge in [-0.15, -0.1) is 0 Å². The predicted octanol–water partition coefficient (Wildman–Crippen LogP) is 2.62. The maximum absolute atomic E-state index is 13.8. The second kappa shape index (κ2) is 10.6. The molecule has 2 aromatic rings. The SMILES string of the molecule is COC(=N)/C(=N\O)C(=O)N[C@H](c1cn2ncc(CN3C[C@@H](C(F)(F)F)NC3=O)cc2n1)C1CCC(F)(F)CC1. The number of oxime groups is 1. The monoisotopic (exact) mass is 560 g/mol. The summed E-state index contributed by atoms with van der Waals surface area (Å²) in [6.45, 7) is -0.740. The standard InChI is InChI=1S/C22H25F5N8O4/c1-39-18(28)17(33-38)19(36)32-16(12-2-4-21(23,24)5-3-12)13-9-35-15(30-13)6-11(7-29-35)8-34-10-14(22(25,26)27)31-20(34)37/h6-7,9,12,14,16,28,38H,2-5,8,10H2,1H3,(H,31,37)(H,32,36)/b28-18?,33-17+/t14-,16-/m0/s1. The molecule has 2 aliphatic rings. The number of halogens is 5. The minimum atomic E-state index is -4.59. The molecule has 17 heteroatoms. The van der Waals surface area contributed by atoms with Crippen molar-refractivity contribution in [3.05, 3.63) is 29.7 Å². The number of hydrogen-bond acceptors (Lipinski definition) is 8. The smallest absolute Gasteiger partial charge is 0.410 e. The van der Waals surface area contributed by atoms with E-state index in [-0.39, 0.29) is 30.7 Å². The molecular weight excluding hydrogens is 535 g/mol. The summed E-state index contributed by atoms with van der Waals surface area (Å²) in [5, 5.41) is 28.3. The molecule has 0 unspecified atom stereocenters. The molecule has 4 N–H and O–H groups in total. The third-order valence-electron chi connectivity index (χ3n) is 6.72. The summed E-state index contributed by atoms with van der Waals surface area (Å²) >= 11 is 0. The lowest BCUT2D eigenvalue weighted by Crippen LogP contribution is -2.42. The van der Waals surface area contributed by atoms with Gasteiger partial charge in [-0.2, -0.15) is 18.3 Å². The number of alkyl halides is 5. The number of amides is 3. The quantitative estimate of drug-likeness (QED) is 0.134. The molecule has 0 aromatic carbocycles. The van der Waals surface area contributed by atoms with Crippen LogP contribution in [0.5, 0.6) is 0 Å². The summed E-state index contributed by atoms with van der Waals surface area (Å²) < 4.78 is 72.6. The van der Waals surface area contributed by atoms with Gasteiger partial charge in [-0.1, -0.05) is 5.16 Å². The van der Waals surface area contributed by atoms with Crippen LogP contribution in [-0.4, -0.2) is 80.0 Å². The summed E-state index contributed by atoms with van der Waals surface area (Å²) in [4.78, 5) is 30.2. The van der Waals surface area contributed by atoms with E-state index in [4.69, 9.17) is 5.41 Å². The Morgan fingerprint density at radius 2 is 2.08 bits per heavy atom. The molecule has 4 rings (SSSR count). The summed E-state index contributed by atoms with van der Waals surface area (Å²) in [5.41, 5.74) is 0.128. The van der Waals surface area contributed by atoms with Crippen molar-refractivity contribution >= 4 is 29.2 Å². The normalized spacial score (nSPS) is 21.1. The van der Waals surface area contributed by atoms with Crippen molar-refractivity contribution in [3.8, 4) is 0 Å². The van der Waals surface area contributed by atoms with E-state index in [1.807, 2.05) is 5.32 Å². The molecular formula is C22H25F5N8O4. The molecule has 0 spiro atoms. The van der Waals surface area contributed by atoms with Gasteiger partial charge in [0.05, 0.1) is 37.8 Å². The van der Waals surface area contributed by atoms with Crippen LogP contribution in [0.25, 0.3) is 5.65 Å². The predicted molar refractivity (Wildman–Crippen MR) is 124 cm³/mol. The third kappa shape index (κ3) is 6.17. The highest BCUT2D eigenvalue weighted by Crippen LogP contribution is 2.41. The molecule has 3 heterocycles. The van der Waals surface area contributed by atoms with Crippen LogP contribution in [0.4, 0.5) is 26.7 Å². The van der Waals surface area contributed by atoms with Gasteiger partial charge in [-0.05, 0) is 30.4 Å². The molecule has 2 aromatic heterocycles. The molecule has 212 valence electrons. The largest absolute Gasteiger partial charge is 0.480 e. The van der Waals surface area contributed by atoms with Crippen LogP contribution < -0.4 is 10.6 Å². The minimum absolute atomic E-state index is 0.0439. The van der Waals surface area contributed by atoms with Crippen LogP contribution in [0.2, 0.25) is 0 Å². The molecule has 12 nitrogen and oxygen atoms in total. The highest BCUT2D eigenvalue weighted by molar-refractivity contribution is 6.64. The van der Waals surface area contributed by atoms with E-state index in [1.165, 1.54) is 23.0 Å². The van der Waals surface area contributed by atoms with E-state index in [2.05, 4.69) is 25.3 Å². The number of fused-ring (bicyclic) bond motifs is 1. The van der Waals surface area contributed by atoms with Gasteiger partial charge < -0.3 is 25.5 Å². The van der Waals surface area contributed by atoms with Crippen LogP contribution in [0.3, 0.4) is 0 Å². The number of urea groups is 1. The van der Waals surface area contributed by atoms with Gasteiger partial charge in [0.25, 0.3) is 5.91 Å². The Balaban J connectivity index is 1.58. The van der Waals surface area contributed by atoms with Gasteiger partial charge in [0.1, 0.15) is 6.04 Å². The zero-order valence-electron chi connectivity index (χ0n) is 20.5. The molecule has 1 saturated carbocycles. The van der Waals surface area contributed by atoms with Gasteiger partial charge in [0, 0.05) is 19.4 Å². The van der Waals surface area contributed by atoms with Crippen LogP contribution in [-0.2, 0) is 16.1 Å². The van der Waals surface area contributed by atoms with E-state index in [1.54, 1.807) is 0 Å². The second-order valence-corrected chi connectivity index (χ2v) is 9.38. The van der Waals surface area contributed by atoms with E-state index in [0.717, 1.165) is 12.0 Å². The number of ether oxygens (including phenoxy) is 1. The highest BCUT2D eigenvalue weighted by atomic mass is 19.4. The van der Waals surface area contributed by atoms with E-state index in [9.17, 15) is 36.7 Å². The number of carbonyl (C=O) groups excluding carboxylic acids is 2. The average molecular weight is 560 g/mol. The first-order valence-electron chi connectivity index (χ1n) is 11.8. The number of imidazole rings is 1. The number of methoxy groups -OCH3 is 1. The summed E-state index contributed by atoms with van der Waals surface area (Å²) in [7, 11) is 1.10. The van der Waals surface area contributed by atoms with Crippen molar-refractivity contribution in [2.24, 2.45) is 11.1 Å². The number of carbonyl (C=O) groups is 2. The second-order valence-electron chi connectivity index (χ2n) is 9.38. The maximum Gasteiger partial charge on any atom is 0.410 e. The number of rotatable bonds is 7. The minimum Gasteiger partial charge on any atom is -0.480 e. The van der Waals surface area contributed by atoms with E-state index >= 15 is 0 Å². The Bertz CT molecular complexity index is 1290. The lowest BCUT2D eigenvalue weighted by Gasteiger charge is -2.33. The van der Waals surface area contributed by atoms with Gasteiger partial charge >= 0.3 is 12.2 Å². The maximum atomic E-state index is 13.8. The van der Waals surface area contributed by atoms with Crippen LogP contribution in [0.15, 0.2) is 23.6 Å². The molecule has 0 radical (unpaired) electrons. The third-order valence-corrected chi connectivity index (χ3v) is 6.72. The number of nitrogens with zero attached hydrogens (tertiary/aromatic N) is 5. The molecule has 3 amide bonds.